The first-order valence-corrected chi connectivity index (χ1v) is 6.67. The first-order chi connectivity index (χ1) is 9.22. The van der Waals surface area contributed by atoms with Gasteiger partial charge in [-0.3, -0.25) is 0 Å². The van der Waals surface area contributed by atoms with E-state index in [2.05, 4.69) is 31.0 Å². The second-order valence-corrected chi connectivity index (χ2v) is 5.29. The van der Waals surface area contributed by atoms with E-state index in [0.29, 0.717) is 11.8 Å². The van der Waals surface area contributed by atoms with E-state index in [4.69, 9.17) is 4.42 Å². The van der Waals surface area contributed by atoms with E-state index in [1.807, 2.05) is 36.4 Å². The van der Waals surface area contributed by atoms with Crippen molar-refractivity contribution in [1.29, 1.82) is 0 Å². The second-order valence-electron chi connectivity index (χ2n) is 5.29. The molecule has 0 amide bonds. The number of hydrogen-bond acceptors (Lipinski definition) is 2. The Morgan fingerprint density at radius 1 is 1.05 bits per heavy atom. The first kappa shape index (κ1) is 12.0. The van der Waals surface area contributed by atoms with Crippen LogP contribution in [0.5, 0.6) is 0 Å². The lowest BCUT2D eigenvalue weighted by Gasteiger charge is -2.03. The molecule has 0 bridgehead atoms. The molecule has 1 heterocycles. The SMILES string of the molecule is CC(C)Cc1ccc2nc(-c3ccccc3)oc2c1. The second kappa shape index (κ2) is 4.88. The van der Waals surface area contributed by atoms with Crippen LogP contribution in [0.3, 0.4) is 0 Å². The van der Waals surface area contributed by atoms with E-state index in [0.717, 1.165) is 23.1 Å². The molecule has 19 heavy (non-hydrogen) atoms. The van der Waals surface area contributed by atoms with Gasteiger partial charge >= 0.3 is 0 Å². The van der Waals surface area contributed by atoms with Crippen molar-refractivity contribution in [2.75, 3.05) is 0 Å². The van der Waals surface area contributed by atoms with Crippen LogP contribution in [-0.2, 0) is 6.42 Å². The van der Waals surface area contributed by atoms with Crippen molar-refractivity contribution in [2.24, 2.45) is 5.92 Å². The van der Waals surface area contributed by atoms with Crippen molar-refractivity contribution in [2.45, 2.75) is 20.3 Å². The van der Waals surface area contributed by atoms with Crippen LogP contribution >= 0.6 is 0 Å². The van der Waals surface area contributed by atoms with Crippen molar-refractivity contribution in [3.63, 3.8) is 0 Å². The summed E-state index contributed by atoms with van der Waals surface area (Å²) in [5.41, 5.74) is 4.12. The molecule has 0 saturated heterocycles. The standard InChI is InChI=1S/C17H17NO/c1-12(2)10-13-8-9-15-16(11-13)19-17(18-15)14-6-4-3-5-7-14/h3-9,11-12H,10H2,1-2H3. The topological polar surface area (TPSA) is 26.0 Å². The summed E-state index contributed by atoms with van der Waals surface area (Å²) in [7, 11) is 0. The Kier molecular flexibility index (Phi) is 3.08. The molecule has 2 heteroatoms. The molecule has 0 unspecified atom stereocenters. The minimum atomic E-state index is 0.647. The number of aromatic nitrogens is 1. The average molecular weight is 251 g/mol. The molecule has 3 rings (SSSR count). The third-order valence-electron chi connectivity index (χ3n) is 3.12. The fourth-order valence-electron chi connectivity index (χ4n) is 2.27. The quantitative estimate of drug-likeness (QED) is 0.674. The van der Waals surface area contributed by atoms with E-state index in [1.165, 1.54) is 5.56 Å². The zero-order valence-electron chi connectivity index (χ0n) is 11.3. The van der Waals surface area contributed by atoms with Crippen molar-refractivity contribution in [1.82, 2.24) is 4.98 Å². The van der Waals surface area contributed by atoms with E-state index in [-0.39, 0.29) is 0 Å². The normalized spacial score (nSPS) is 11.3. The fraction of sp³-hybridized carbons (Fsp3) is 0.235. The Balaban J connectivity index is 2.01. The van der Waals surface area contributed by atoms with E-state index >= 15 is 0 Å². The van der Waals surface area contributed by atoms with Crippen molar-refractivity contribution < 1.29 is 4.42 Å². The molecule has 1 aromatic heterocycles. The van der Waals surface area contributed by atoms with Gasteiger partial charge in [0.15, 0.2) is 5.58 Å². The molecule has 0 atom stereocenters. The highest BCUT2D eigenvalue weighted by Gasteiger charge is 2.08. The van der Waals surface area contributed by atoms with Gasteiger partial charge in [-0.25, -0.2) is 4.98 Å². The Hall–Kier alpha value is -2.09. The molecule has 3 aromatic rings. The molecular formula is C17H17NO. The maximum absolute atomic E-state index is 5.87. The molecular weight excluding hydrogens is 234 g/mol. The number of rotatable bonds is 3. The van der Waals surface area contributed by atoms with E-state index in [1.54, 1.807) is 0 Å². The van der Waals surface area contributed by atoms with Crippen LogP contribution in [0.4, 0.5) is 0 Å². The molecule has 2 aromatic carbocycles. The van der Waals surface area contributed by atoms with Gasteiger partial charge in [0.25, 0.3) is 0 Å². The summed E-state index contributed by atoms with van der Waals surface area (Å²) in [6, 6.07) is 16.3. The summed E-state index contributed by atoms with van der Waals surface area (Å²) in [5.74, 6) is 1.34. The van der Waals surface area contributed by atoms with Crippen LogP contribution in [-0.4, -0.2) is 4.98 Å². The smallest absolute Gasteiger partial charge is 0.227 e. The molecule has 0 N–H and O–H groups in total. The predicted octanol–water partition coefficient (Wildman–Crippen LogP) is 4.69. The third kappa shape index (κ3) is 2.53. The van der Waals surface area contributed by atoms with Crippen LogP contribution in [0, 0.1) is 5.92 Å². The minimum Gasteiger partial charge on any atom is -0.436 e. The van der Waals surface area contributed by atoms with Gasteiger partial charge in [0, 0.05) is 5.56 Å². The average Bonchev–Trinajstić information content (AvgIpc) is 2.82. The van der Waals surface area contributed by atoms with Crippen LogP contribution < -0.4 is 0 Å². The molecule has 0 spiro atoms. The van der Waals surface area contributed by atoms with Crippen LogP contribution in [0.2, 0.25) is 0 Å². The van der Waals surface area contributed by atoms with Gasteiger partial charge in [0.05, 0.1) is 0 Å². The van der Waals surface area contributed by atoms with Crippen LogP contribution in [0.15, 0.2) is 52.9 Å². The highest BCUT2D eigenvalue weighted by molar-refractivity contribution is 5.76. The monoisotopic (exact) mass is 251 g/mol. The molecule has 0 fully saturated rings. The van der Waals surface area contributed by atoms with Crippen LogP contribution in [0.25, 0.3) is 22.6 Å². The number of benzene rings is 2. The molecule has 2 nitrogen and oxygen atoms in total. The molecule has 96 valence electrons. The summed E-state index contributed by atoms with van der Waals surface area (Å²) in [5, 5.41) is 0. The number of hydrogen-bond donors (Lipinski definition) is 0. The molecule has 0 radical (unpaired) electrons. The van der Waals surface area contributed by atoms with Crippen LogP contribution in [0.1, 0.15) is 19.4 Å². The van der Waals surface area contributed by atoms with Gasteiger partial charge in [-0.2, -0.15) is 0 Å². The summed E-state index contributed by atoms with van der Waals surface area (Å²) in [6.07, 6.45) is 1.07. The number of fused-ring (bicyclic) bond motifs is 1. The van der Waals surface area contributed by atoms with Gasteiger partial charge in [0.2, 0.25) is 5.89 Å². The first-order valence-electron chi connectivity index (χ1n) is 6.67. The lowest BCUT2D eigenvalue weighted by Crippen LogP contribution is -1.92. The molecule has 0 aliphatic heterocycles. The Morgan fingerprint density at radius 2 is 1.84 bits per heavy atom. The summed E-state index contributed by atoms with van der Waals surface area (Å²) >= 11 is 0. The van der Waals surface area contributed by atoms with Crippen molar-refractivity contribution >= 4 is 11.1 Å². The highest BCUT2D eigenvalue weighted by atomic mass is 16.3. The molecule has 0 saturated carbocycles. The van der Waals surface area contributed by atoms with Gasteiger partial charge in [0.1, 0.15) is 5.52 Å². The van der Waals surface area contributed by atoms with Gasteiger partial charge in [-0.1, -0.05) is 38.1 Å². The fourth-order valence-corrected chi connectivity index (χ4v) is 2.27. The zero-order valence-corrected chi connectivity index (χ0v) is 11.3. The zero-order chi connectivity index (χ0) is 13.2. The Bertz CT molecular complexity index is 683. The largest absolute Gasteiger partial charge is 0.436 e. The van der Waals surface area contributed by atoms with Crippen molar-refractivity contribution in [3.8, 4) is 11.5 Å². The predicted molar refractivity (Wildman–Crippen MR) is 78.0 cm³/mol. The lowest BCUT2D eigenvalue weighted by molar-refractivity contribution is 0.616. The number of oxazole rings is 1. The third-order valence-corrected chi connectivity index (χ3v) is 3.12. The van der Waals surface area contributed by atoms with Gasteiger partial charge < -0.3 is 4.42 Å². The Morgan fingerprint density at radius 3 is 2.58 bits per heavy atom. The van der Waals surface area contributed by atoms with Crippen molar-refractivity contribution in [3.05, 3.63) is 54.1 Å². The molecule has 0 aliphatic carbocycles. The summed E-state index contributed by atoms with van der Waals surface area (Å²) in [4.78, 5) is 4.54. The van der Waals surface area contributed by atoms with E-state index in [9.17, 15) is 0 Å². The molecule has 0 aliphatic rings. The number of nitrogens with zero attached hydrogens (tertiary/aromatic N) is 1. The van der Waals surface area contributed by atoms with Gasteiger partial charge in [-0.05, 0) is 42.2 Å². The lowest BCUT2D eigenvalue weighted by atomic mass is 10.0. The maximum Gasteiger partial charge on any atom is 0.227 e. The maximum atomic E-state index is 5.87. The summed E-state index contributed by atoms with van der Waals surface area (Å²) in [6.45, 7) is 4.44. The van der Waals surface area contributed by atoms with Gasteiger partial charge in [-0.15, -0.1) is 0 Å². The summed E-state index contributed by atoms with van der Waals surface area (Å²) < 4.78 is 5.87. The Labute approximate surface area is 113 Å². The highest BCUT2D eigenvalue weighted by Crippen LogP contribution is 2.25. The van der Waals surface area contributed by atoms with E-state index < -0.39 is 0 Å². The minimum absolute atomic E-state index is 0.647.